The van der Waals surface area contributed by atoms with Gasteiger partial charge in [0.05, 0.1) is 6.10 Å². The topological polar surface area (TPSA) is 75.0 Å². The molecule has 6 nitrogen and oxygen atoms in total. The van der Waals surface area contributed by atoms with Gasteiger partial charge < -0.3 is 18.6 Å². The molecule has 162 valence electrons. The highest BCUT2D eigenvalue weighted by Gasteiger charge is 2.22. The molecule has 2 rings (SSSR count). The molecule has 0 saturated heterocycles. The van der Waals surface area contributed by atoms with E-state index in [0.29, 0.717) is 11.1 Å². The molecular weight excluding hydrogens is 384 g/mol. The van der Waals surface area contributed by atoms with Gasteiger partial charge in [-0.1, -0.05) is 23.3 Å². The molecule has 0 bridgehead atoms. The van der Waals surface area contributed by atoms with Crippen molar-refractivity contribution in [2.24, 2.45) is 0 Å². The van der Waals surface area contributed by atoms with E-state index in [1.807, 2.05) is 26.8 Å². The molecule has 0 saturated carbocycles. The van der Waals surface area contributed by atoms with E-state index in [-0.39, 0.29) is 29.8 Å². The lowest BCUT2D eigenvalue weighted by molar-refractivity contribution is -0.131. The van der Waals surface area contributed by atoms with Crippen molar-refractivity contribution in [3.8, 4) is 17.2 Å². The molecule has 1 aromatic heterocycles. The van der Waals surface area contributed by atoms with Crippen molar-refractivity contribution in [3.05, 3.63) is 51.9 Å². The second kappa shape index (κ2) is 10.7. The first kappa shape index (κ1) is 23.3. The quantitative estimate of drug-likeness (QED) is 0.303. The number of carbonyl (C=O) groups excluding carboxylic acids is 1. The van der Waals surface area contributed by atoms with Crippen LogP contribution in [0.4, 0.5) is 0 Å². The Morgan fingerprint density at radius 1 is 1.10 bits per heavy atom. The van der Waals surface area contributed by atoms with Gasteiger partial charge in [-0.2, -0.15) is 0 Å². The monoisotopic (exact) mass is 414 g/mol. The van der Waals surface area contributed by atoms with Gasteiger partial charge in [-0.05, 0) is 65.7 Å². The summed E-state index contributed by atoms with van der Waals surface area (Å²) in [4.78, 5) is 24.3. The zero-order chi connectivity index (χ0) is 22.3. The Kier molecular flexibility index (Phi) is 8.27. The third kappa shape index (κ3) is 6.51. The fraction of sp³-hybridized carbons (Fsp3) is 0.417. The number of hydrogen-bond donors (Lipinski definition) is 0. The zero-order valence-electron chi connectivity index (χ0n) is 18.5. The minimum atomic E-state index is -0.712. The Morgan fingerprint density at radius 2 is 1.83 bits per heavy atom. The Bertz CT molecular complexity index is 1010. The molecule has 0 atom stereocenters. The summed E-state index contributed by atoms with van der Waals surface area (Å²) in [5, 5.41) is 0.389. The van der Waals surface area contributed by atoms with Gasteiger partial charge in [-0.15, -0.1) is 0 Å². The average Bonchev–Trinajstić information content (AvgIpc) is 2.62. The predicted molar refractivity (Wildman–Crippen MR) is 117 cm³/mol. The largest absolute Gasteiger partial charge is 0.490 e. The molecule has 0 aliphatic rings. The van der Waals surface area contributed by atoms with Crippen molar-refractivity contribution in [1.82, 2.24) is 0 Å². The van der Waals surface area contributed by atoms with E-state index < -0.39 is 11.6 Å². The Balaban J connectivity index is 2.40. The summed E-state index contributed by atoms with van der Waals surface area (Å²) in [5.41, 5.74) is 1.96. The molecule has 30 heavy (non-hydrogen) atoms. The fourth-order valence-corrected chi connectivity index (χ4v) is 2.85. The van der Waals surface area contributed by atoms with Crippen molar-refractivity contribution in [1.29, 1.82) is 0 Å². The van der Waals surface area contributed by atoms with Crippen molar-refractivity contribution in [2.75, 3.05) is 6.61 Å². The molecule has 1 aromatic carbocycles. The van der Waals surface area contributed by atoms with Crippen LogP contribution < -0.4 is 19.8 Å². The molecule has 0 amide bonds. The first-order chi connectivity index (χ1) is 14.2. The second-order valence-electron chi connectivity index (χ2n) is 7.62. The third-order valence-corrected chi connectivity index (χ3v) is 4.17. The summed E-state index contributed by atoms with van der Waals surface area (Å²) in [6.45, 7) is 11.3. The molecule has 0 radical (unpaired) electrons. The molecule has 1 heterocycles. The van der Waals surface area contributed by atoms with Gasteiger partial charge in [0.2, 0.25) is 5.75 Å². The standard InChI is InChI=1S/C24H30O6/c1-15(2)9-7-10-17(5)13-14-27-23-22(29-18(6)25)21-19(28-16(3)4)11-8-12-20(21)30-24(23)26/h8-9,11-13,16H,7,10,14H2,1-6H3/b17-13+. The Hall–Kier alpha value is -3.02. The summed E-state index contributed by atoms with van der Waals surface area (Å²) < 4.78 is 22.3. The number of hydrogen-bond acceptors (Lipinski definition) is 6. The van der Waals surface area contributed by atoms with Crippen LogP contribution in [-0.2, 0) is 4.79 Å². The highest BCUT2D eigenvalue weighted by atomic mass is 16.6. The van der Waals surface area contributed by atoms with Gasteiger partial charge in [-0.3, -0.25) is 4.79 Å². The van der Waals surface area contributed by atoms with Crippen LogP contribution in [0.1, 0.15) is 54.4 Å². The van der Waals surface area contributed by atoms with E-state index in [9.17, 15) is 9.59 Å². The number of rotatable bonds is 9. The number of allylic oxidation sites excluding steroid dienone is 3. The molecular formula is C24H30O6. The van der Waals surface area contributed by atoms with Crippen LogP contribution in [-0.4, -0.2) is 18.7 Å². The van der Waals surface area contributed by atoms with Gasteiger partial charge >= 0.3 is 11.6 Å². The lowest BCUT2D eigenvalue weighted by Crippen LogP contribution is -2.14. The van der Waals surface area contributed by atoms with Crippen LogP contribution in [0.2, 0.25) is 0 Å². The number of esters is 1. The molecule has 0 aliphatic carbocycles. The Labute approximate surface area is 177 Å². The van der Waals surface area contributed by atoms with Gasteiger partial charge in [0.1, 0.15) is 23.3 Å². The van der Waals surface area contributed by atoms with Crippen molar-refractivity contribution in [2.45, 2.75) is 60.5 Å². The SMILES string of the molecule is CC(=O)Oc1c(OC/C=C(\C)CCC=C(C)C)c(=O)oc2cccc(OC(C)C)c12. The van der Waals surface area contributed by atoms with E-state index in [1.54, 1.807) is 18.2 Å². The Morgan fingerprint density at radius 3 is 2.47 bits per heavy atom. The van der Waals surface area contributed by atoms with E-state index in [1.165, 1.54) is 12.5 Å². The molecule has 2 aromatic rings. The summed E-state index contributed by atoms with van der Waals surface area (Å²) in [6, 6.07) is 5.06. The predicted octanol–water partition coefficient (Wildman–Crippen LogP) is 5.58. The van der Waals surface area contributed by atoms with Crippen LogP contribution >= 0.6 is 0 Å². The number of fused-ring (bicyclic) bond motifs is 1. The van der Waals surface area contributed by atoms with Gasteiger partial charge in [-0.25, -0.2) is 4.79 Å². The third-order valence-electron chi connectivity index (χ3n) is 4.17. The lowest BCUT2D eigenvalue weighted by Gasteiger charge is -2.16. The van der Waals surface area contributed by atoms with Gasteiger partial charge in [0, 0.05) is 6.92 Å². The summed E-state index contributed by atoms with van der Waals surface area (Å²) in [7, 11) is 0. The van der Waals surface area contributed by atoms with Crippen LogP contribution in [0.5, 0.6) is 17.2 Å². The minimum Gasteiger partial charge on any atom is -0.490 e. The number of carbonyl (C=O) groups is 1. The number of ether oxygens (including phenoxy) is 3. The van der Waals surface area contributed by atoms with Crippen LogP contribution in [0.15, 0.2) is 50.7 Å². The van der Waals surface area contributed by atoms with Crippen molar-refractivity contribution in [3.63, 3.8) is 0 Å². The van der Waals surface area contributed by atoms with Gasteiger partial charge in [0.15, 0.2) is 5.75 Å². The molecule has 6 heteroatoms. The van der Waals surface area contributed by atoms with E-state index >= 15 is 0 Å². The molecule has 0 aliphatic heterocycles. The fourth-order valence-electron chi connectivity index (χ4n) is 2.85. The lowest BCUT2D eigenvalue weighted by atomic mass is 10.1. The smallest absolute Gasteiger partial charge is 0.383 e. The normalized spacial score (nSPS) is 11.5. The maximum atomic E-state index is 12.5. The maximum absolute atomic E-state index is 12.5. The average molecular weight is 414 g/mol. The van der Waals surface area contributed by atoms with E-state index in [4.69, 9.17) is 18.6 Å². The van der Waals surface area contributed by atoms with Crippen LogP contribution in [0, 0.1) is 0 Å². The molecule has 0 N–H and O–H groups in total. The van der Waals surface area contributed by atoms with E-state index in [0.717, 1.165) is 18.4 Å². The number of benzene rings is 1. The highest BCUT2D eigenvalue weighted by Crippen LogP contribution is 2.39. The van der Waals surface area contributed by atoms with Crippen LogP contribution in [0.25, 0.3) is 11.0 Å². The van der Waals surface area contributed by atoms with Crippen LogP contribution in [0.3, 0.4) is 0 Å². The van der Waals surface area contributed by atoms with Crippen molar-refractivity contribution < 1.29 is 23.4 Å². The summed E-state index contributed by atoms with van der Waals surface area (Å²) in [5.74, 6) is -0.258. The molecule has 0 unspecified atom stereocenters. The summed E-state index contributed by atoms with van der Waals surface area (Å²) in [6.07, 6.45) is 5.78. The molecule has 0 spiro atoms. The second-order valence-corrected chi connectivity index (χ2v) is 7.62. The minimum absolute atomic E-state index is 0.0144. The van der Waals surface area contributed by atoms with E-state index in [2.05, 4.69) is 19.9 Å². The highest BCUT2D eigenvalue weighted by molar-refractivity contribution is 5.93. The van der Waals surface area contributed by atoms with Crippen molar-refractivity contribution >= 4 is 16.9 Å². The maximum Gasteiger partial charge on any atom is 0.383 e. The van der Waals surface area contributed by atoms with Gasteiger partial charge in [0.25, 0.3) is 0 Å². The molecule has 0 fully saturated rings. The first-order valence-corrected chi connectivity index (χ1v) is 10.1. The first-order valence-electron chi connectivity index (χ1n) is 10.1. The summed E-state index contributed by atoms with van der Waals surface area (Å²) >= 11 is 0. The zero-order valence-corrected chi connectivity index (χ0v) is 18.5.